The number of anilines is 1. The average molecular weight is 184 g/mol. The highest BCUT2D eigenvalue weighted by Crippen LogP contribution is 2.16. The van der Waals surface area contributed by atoms with Crippen LogP contribution in [0.25, 0.3) is 0 Å². The molecule has 0 spiro atoms. The fourth-order valence-corrected chi connectivity index (χ4v) is 1.55. The first kappa shape index (κ1) is 9.35. The van der Waals surface area contributed by atoms with E-state index in [2.05, 4.69) is 4.98 Å². The molecule has 0 amide bonds. The smallest absolute Gasteiger partial charge is 0.0981 e. The minimum Gasteiger partial charge on any atom is -0.399 e. The van der Waals surface area contributed by atoms with Crippen molar-refractivity contribution in [3.63, 3.8) is 0 Å². The van der Waals surface area contributed by atoms with Crippen molar-refractivity contribution in [2.24, 2.45) is 0 Å². The van der Waals surface area contributed by atoms with E-state index in [0.717, 1.165) is 23.1 Å². The van der Waals surface area contributed by atoms with Crippen LogP contribution in [0.2, 0.25) is 0 Å². The van der Waals surface area contributed by atoms with Gasteiger partial charge in [-0.15, -0.1) is 11.8 Å². The van der Waals surface area contributed by atoms with E-state index in [1.165, 1.54) is 0 Å². The highest BCUT2D eigenvalue weighted by atomic mass is 32.2. The molecule has 4 heteroatoms. The molecule has 0 unspecified atom stereocenters. The molecular weight excluding hydrogens is 172 g/mol. The molecule has 3 nitrogen and oxygen atoms in total. The Bertz CT molecular complexity index is 242. The molecule has 12 heavy (non-hydrogen) atoms. The topological polar surface area (TPSA) is 48.1 Å². The van der Waals surface area contributed by atoms with Crippen molar-refractivity contribution in [1.29, 1.82) is 0 Å². The summed E-state index contributed by atoms with van der Waals surface area (Å²) in [5.41, 5.74) is 6.33. The van der Waals surface area contributed by atoms with Gasteiger partial charge in [-0.3, -0.25) is 0 Å². The number of rotatable bonds is 4. The van der Waals surface area contributed by atoms with Crippen LogP contribution < -0.4 is 5.73 Å². The van der Waals surface area contributed by atoms with Crippen LogP contribution in [0, 0.1) is 0 Å². The van der Waals surface area contributed by atoms with Crippen molar-refractivity contribution in [3.8, 4) is 0 Å². The van der Waals surface area contributed by atoms with Crippen LogP contribution >= 0.6 is 11.8 Å². The van der Waals surface area contributed by atoms with Gasteiger partial charge in [0.2, 0.25) is 0 Å². The predicted octanol–water partition coefficient (Wildman–Crippen LogP) is 1.40. The van der Waals surface area contributed by atoms with Gasteiger partial charge >= 0.3 is 0 Å². The maximum absolute atomic E-state index is 5.58. The Hall–Kier alpha value is -0.740. The first-order valence-corrected chi connectivity index (χ1v) is 4.65. The van der Waals surface area contributed by atoms with Gasteiger partial charge in [-0.25, -0.2) is 4.98 Å². The number of nitrogens with two attached hydrogens (primary N) is 1. The van der Waals surface area contributed by atoms with Gasteiger partial charge < -0.3 is 10.5 Å². The van der Waals surface area contributed by atoms with Crippen molar-refractivity contribution in [2.45, 2.75) is 5.03 Å². The summed E-state index contributed by atoms with van der Waals surface area (Å²) in [4.78, 5) is 4.14. The number of hydrogen-bond acceptors (Lipinski definition) is 4. The van der Waals surface area contributed by atoms with Crippen molar-refractivity contribution >= 4 is 17.4 Å². The van der Waals surface area contributed by atoms with Gasteiger partial charge in [0.15, 0.2) is 0 Å². The molecule has 0 atom stereocenters. The second kappa shape index (κ2) is 5.00. The molecule has 1 aromatic rings. The van der Waals surface area contributed by atoms with Crippen molar-refractivity contribution in [3.05, 3.63) is 18.3 Å². The summed E-state index contributed by atoms with van der Waals surface area (Å²) in [6.45, 7) is 0.737. The fourth-order valence-electron chi connectivity index (χ4n) is 0.733. The second-order valence-corrected chi connectivity index (χ2v) is 3.38. The predicted molar refractivity (Wildman–Crippen MR) is 51.2 cm³/mol. The quantitative estimate of drug-likeness (QED) is 0.567. The monoisotopic (exact) mass is 184 g/mol. The van der Waals surface area contributed by atoms with E-state index in [1.807, 2.05) is 6.07 Å². The fraction of sp³-hybridized carbons (Fsp3) is 0.375. The summed E-state index contributed by atoms with van der Waals surface area (Å²) in [6, 6.07) is 3.64. The molecule has 0 bridgehead atoms. The Morgan fingerprint density at radius 2 is 2.50 bits per heavy atom. The summed E-state index contributed by atoms with van der Waals surface area (Å²) in [7, 11) is 1.69. The van der Waals surface area contributed by atoms with E-state index in [-0.39, 0.29) is 0 Å². The lowest BCUT2D eigenvalue weighted by atomic mass is 10.4. The van der Waals surface area contributed by atoms with Gasteiger partial charge in [-0.1, -0.05) is 0 Å². The largest absolute Gasteiger partial charge is 0.399 e. The third kappa shape index (κ3) is 3.11. The summed E-state index contributed by atoms with van der Waals surface area (Å²) in [5, 5.41) is 0.951. The Kier molecular flexibility index (Phi) is 3.90. The van der Waals surface area contributed by atoms with Gasteiger partial charge in [0.05, 0.1) is 11.6 Å². The minimum atomic E-state index is 0.737. The average Bonchev–Trinajstić information content (AvgIpc) is 2.05. The molecule has 66 valence electrons. The SMILES string of the molecule is COCCSc1cc(N)ccn1. The number of hydrogen-bond donors (Lipinski definition) is 1. The maximum Gasteiger partial charge on any atom is 0.0981 e. The molecule has 0 radical (unpaired) electrons. The summed E-state index contributed by atoms with van der Waals surface area (Å²) < 4.78 is 4.91. The zero-order valence-corrected chi connectivity index (χ0v) is 7.80. The molecule has 0 saturated carbocycles. The molecule has 0 fully saturated rings. The van der Waals surface area contributed by atoms with Crippen LogP contribution in [0.1, 0.15) is 0 Å². The van der Waals surface area contributed by atoms with Crippen LogP contribution in [0.15, 0.2) is 23.4 Å². The van der Waals surface area contributed by atoms with Crippen LogP contribution in [-0.2, 0) is 4.74 Å². The normalized spacial score (nSPS) is 10.1. The lowest BCUT2D eigenvalue weighted by Gasteiger charge is -1.99. The van der Waals surface area contributed by atoms with Crippen molar-refractivity contribution < 1.29 is 4.74 Å². The third-order valence-electron chi connectivity index (χ3n) is 1.30. The standard InChI is InChI=1S/C8H12N2OS/c1-11-4-5-12-8-6-7(9)2-3-10-8/h2-3,6H,4-5H2,1H3,(H2,9,10). The number of nitrogen functional groups attached to an aromatic ring is 1. The second-order valence-electron chi connectivity index (χ2n) is 2.27. The molecule has 0 aliphatic heterocycles. The zero-order valence-electron chi connectivity index (χ0n) is 6.99. The molecule has 1 aromatic heterocycles. The summed E-state index contributed by atoms with van der Waals surface area (Å²) >= 11 is 1.64. The maximum atomic E-state index is 5.58. The first-order chi connectivity index (χ1) is 5.83. The number of methoxy groups -OCH3 is 1. The number of aromatic nitrogens is 1. The Morgan fingerprint density at radius 1 is 1.67 bits per heavy atom. The molecule has 0 saturated heterocycles. The summed E-state index contributed by atoms with van der Waals surface area (Å²) in [5.74, 6) is 0.910. The van der Waals surface area contributed by atoms with Gasteiger partial charge in [-0.2, -0.15) is 0 Å². The zero-order chi connectivity index (χ0) is 8.81. The van der Waals surface area contributed by atoms with E-state index in [0.29, 0.717) is 0 Å². The number of pyridine rings is 1. The van der Waals surface area contributed by atoms with Gasteiger partial charge in [-0.05, 0) is 12.1 Å². The van der Waals surface area contributed by atoms with E-state index < -0.39 is 0 Å². The van der Waals surface area contributed by atoms with E-state index in [4.69, 9.17) is 10.5 Å². The Morgan fingerprint density at radius 3 is 3.17 bits per heavy atom. The number of ether oxygens (including phenoxy) is 1. The van der Waals surface area contributed by atoms with E-state index in [9.17, 15) is 0 Å². The first-order valence-electron chi connectivity index (χ1n) is 3.66. The van der Waals surface area contributed by atoms with Crippen LogP contribution in [-0.4, -0.2) is 24.5 Å². The minimum absolute atomic E-state index is 0.737. The molecule has 0 aromatic carbocycles. The van der Waals surface area contributed by atoms with E-state index >= 15 is 0 Å². The van der Waals surface area contributed by atoms with Gasteiger partial charge in [0.25, 0.3) is 0 Å². The number of thioether (sulfide) groups is 1. The van der Waals surface area contributed by atoms with Gasteiger partial charge in [0, 0.05) is 24.7 Å². The van der Waals surface area contributed by atoms with Crippen LogP contribution in [0.4, 0.5) is 5.69 Å². The van der Waals surface area contributed by atoms with Crippen LogP contribution in [0.3, 0.4) is 0 Å². The molecule has 1 heterocycles. The molecule has 1 rings (SSSR count). The lowest BCUT2D eigenvalue weighted by Crippen LogP contribution is -1.93. The van der Waals surface area contributed by atoms with E-state index in [1.54, 1.807) is 31.1 Å². The highest BCUT2D eigenvalue weighted by Gasteiger charge is 1.94. The van der Waals surface area contributed by atoms with Crippen molar-refractivity contribution in [1.82, 2.24) is 4.98 Å². The van der Waals surface area contributed by atoms with Gasteiger partial charge in [0.1, 0.15) is 0 Å². The molecular formula is C8H12N2OS. The molecule has 2 N–H and O–H groups in total. The number of nitrogens with zero attached hydrogens (tertiary/aromatic N) is 1. The summed E-state index contributed by atoms with van der Waals surface area (Å²) in [6.07, 6.45) is 1.71. The van der Waals surface area contributed by atoms with Crippen LogP contribution in [0.5, 0.6) is 0 Å². The third-order valence-corrected chi connectivity index (χ3v) is 2.19. The Labute approximate surface area is 76.3 Å². The lowest BCUT2D eigenvalue weighted by molar-refractivity contribution is 0.218. The molecule has 0 aliphatic carbocycles. The van der Waals surface area contributed by atoms with Crippen molar-refractivity contribution in [2.75, 3.05) is 25.2 Å². The Balaban J connectivity index is 2.41. The highest BCUT2D eigenvalue weighted by molar-refractivity contribution is 7.99. The molecule has 0 aliphatic rings.